The molecule has 0 fully saturated rings. The lowest BCUT2D eigenvalue weighted by atomic mass is 10.1. The van der Waals surface area contributed by atoms with Crippen LogP contribution < -0.4 is 5.32 Å². The van der Waals surface area contributed by atoms with Gasteiger partial charge in [0.25, 0.3) is 0 Å². The number of nitrogens with one attached hydrogen (secondary N) is 1. The highest BCUT2D eigenvalue weighted by Gasteiger charge is 2.15. The number of rotatable bonds is 6. The molecule has 0 aliphatic rings. The fraction of sp³-hybridized carbons (Fsp3) is 0.538. The van der Waals surface area contributed by atoms with Crippen molar-refractivity contribution in [3.63, 3.8) is 0 Å². The molecule has 0 aliphatic heterocycles. The molecule has 1 amide bonds. The van der Waals surface area contributed by atoms with Crippen molar-refractivity contribution in [3.8, 4) is 0 Å². The molecule has 0 saturated heterocycles. The molecule has 5 heteroatoms. The maximum absolute atomic E-state index is 11.3. The van der Waals surface area contributed by atoms with Crippen LogP contribution in [0.4, 0.5) is 4.79 Å². The van der Waals surface area contributed by atoms with Crippen molar-refractivity contribution < 1.29 is 14.3 Å². The van der Waals surface area contributed by atoms with Gasteiger partial charge < -0.3 is 14.8 Å². The van der Waals surface area contributed by atoms with Crippen molar-refractivity contribution in [2.75, 3.05) is 20.8 Å². The molecule has 0 bridgehead atoms. The van der Waals surface area contributed by atoms with Gasteiger partial charge in [0.15, 0.2) is 0 Å². The summed E-state index contributed by atoms with van der Waals surface area (Å²) in [5.74, 6) is 0. The van der Waals surface area contributed by atoms with Crippen molar-refractivity contribution in [3.05, 3.63) is 29.6 Å². The van der Waals surface area contributed by atoms with Crippen molar-refractivity contribution in [1.82, 2.24) is 10.3 Å². The number of ether oxygens (including phenoxy) is 2. The van der Waals surface area contributed by atoms with E-state index in [1.54, 1.807) is 7.11 Å². The number of pyridine rings is 1. The van der Waals surface area contributed by atoms with E-state index < -0.39 is 6.09 Å². The van der Waals surface area contributed by atoms with Gasteiger partial charge in [-0.05, 0) is 31.9 Å². The van der Waals surface area contributed by atoms with Crippen LogP contribution in [0.2, 0.25) is 0 Å². The number of nitrogens with zero attached hydrogens (tertiary/aromatic N) is 1. The largest absolute Gasteiger partial charge is 0.453 e. The van der Waals surface area contributed by atoms with Gasteiger partial charge in [-0.1, -0.05) is 6.07 Å². The summed E-state index contributed by atoms with van der Waals surface area (Å²) in [6.45, 7) is 2.58. The first-order chi connectivity index (χ1) is 8.67. The van der Waals surface area contributed by atoms with Gasteiger partial charge in [0.05, 0.1) is 18.8 Å². The Labute approximate surface area is 108 Å². The van der Waals surface area contributed by atoms with Gasteiger partial charge in [0, 0.05) is 19.4 Å². The van der Waals surface area contributed by atoms with Crippen LogP contribution in [0.5, 0.6) is 0 Å². The van der Waals surface area contributed by atoms with Crippen LogP contribution in [-0.2, 0) is 9.47 Å². The molecule has 100 valence electrons. The summed E-state index contributed by atoms with van der Waals surface area (Å²) in [7, 11) is 3.01. The van der Waals surface area contributed by atoms with Crippen molar-refractivity contribution in [2.24, 2.45) is 0 Å². The van der Waals surface area contributed by atoms with E-state index in [4.69, 9.17) is 4.74 Å². The second kappa shape index (κ2) is 7.66. The zero-order valence-electron chi connectivity index (χ0n) is 11.1. The van der Waals surface area contributed by atoms with Crippen molar-refractivity contribution >= 4 is 6.09 Å². The summed E-state index contributed by atoms with van der Waals surface area (Å²) in [6.07, 6.45) is 1.17. The number of carbonyl (C=O) groups excluding carboxylic acids is 1. The Balaban J connectivity index is 2.72. The number of amides is 1. The highest BCUT2D eigenvalue weighted by atomic mass is 16.5. The lowest BCUT2D eigenvalue weighted by Gasteiger charge is -2.17. The summed E-state index contributed by atoms with van der Waals surface area (Å²) < 4.78 is 9.65. The van der Waals surface area contributed by atoms with Gasteiger partial charge in [-0.25, -0.2) is 4.79 Å². The summed E-state index contributed by atoms with van der Waals surface area (Å²) in [6, 6.07) is 5.61. The minimum atomic E-state index is -0.444. The van der Waals surface area contributed by atoms with Crippen LogP contribution in [0.15, 0.2) is 18.2 Å². The van der Waals surface area contributed by atoms with Crippen LogP contribution in [0.3, 0.4) is 0 Å². The highest BCUT2D eigenvalue weighted by Crippen LogP contribution is 2.17. The van der Waals surface area contributed by atoms with E-state index in [1.165, 1.54) is 7.11 Å². The van der Waals surface area contributed by atoms with Gasteiger partial charge in [-0.3, -0.25) is 4.98 Å². The lowest BCUT2D eigenvalue weighted by Crippen LogP contribution is -2.29. The summed E-state index contributed by atoms with van der Waals surface area (Å²) >= 11 is 0. The zero-order valence-corrected chi connectivity index (χ0v) is 11.1. The standard InChI is InChI=1S/C13H20N2O3/c1-10-6-4-7-11(14-10)12(8-5-9-17-2)15-13(16)18-3/h4,6-7,12H,5,8-9H2,1-3H3,(H,15,16)/t12-/m0/s1. The van der Waals surface area contributed by atoms with Gasteiger partial charge in [-0.2, -0.15) is 0 Å². The number of hydrogen-bond acceptors (Lipinski definition) is 4. The third kappa shape index (κ3) is 4.71. The number of carbonyl (C=O) groups is 1. The molecule has 1 aromatic rings. The predicted octanol–water partition coefficient (Wildman–Crippen LogP) is 2.21. The first-order valence-electron chi connectivity index (χ1n) is 5.94. The molecule has 0 aliphatic carbocycles. The quantitative estimate of drug-likeness (QED) is 0.788. The zero-order chi connectivity index (χ0) is 13.4. The number of alkyl carbamates (subject to hydrolysis) is 1. The van der Waals surface area contributed by atoms with Gasteiger partial charge in [0.2, 0.25) is 0 Å². The molecule has 0 unspecified atom stereocenters. The Morgan fingerprint density at radius 1 is 1.44 bits per heavy atom. The Kier molecular flexibility index (Phi) is 6.14. The van der Waals surface area contributed by atoms with Crippen LogP contribution in [0.25, 0.3) is 0 Å². The third-order valence-electron chi connectivity index (χ3n) is 2.59. The molecule has 1 atom stereocenters. The summed E-state index contributed by atoms with van der Waals surface area (Å²) in [4.78, 5) is 15.7. The predicted molar refractivity (Wildman–Crippen MR) is 68.4 cm³/mol. The Hall–Kier alpha value is -1.62. The topological polar surface area (TPSA) is 60.5 Å². The minimum absolute atomic E-state index is 0.146. The van der Waals surface area contributed by atoms with Crippen molar-refractivity contribution in [1.29, 1.82) is 0 Å². The fourth-order valence-electron chi connectivity index (χ4n) is 1.69. The van der Waals surface area contributed by atoms with Crippen LogP contribution in [0.1, 0.15) is 30.3 Å². The molecule has 0 aromatic carbocycles. The number of aryl methyl sites for hydroxylation is 1. The number of methoxy groups -OCH3 is 2. The molecular weight excluding hydrogens is 232 g/mol. The van der Waals surface area contributed by atoms with Crippen LogP contribution in [0, 0.1) is 6.92 Å². The molecule has 0 radical (unpaired) electrons. The monoisotopic (exact) mass is 252 g/mol. The summed E-state index contributed by atoms with van der Waals surface area (Å²) in [5.41, 5.74) is 1.77. The smallest absolute Gasteiger partial charge is 0.407 e. The van der Waals surface area contributed by atoms with E-state index in [0.717, 1.165) is 24.2 Å². The maximum atomic E-state index is 11.3. The van der Waals surface area contributed by atoms with E-state index in [1.807, 2.05) is 25.1 Å². The average Bonchev–Trinajstić information content (AvgIpc) is 2.37. The molecule has 18 heavy (non-hydrogen) atoms. The SMILES string of the molecule is COCCC[C@H](NC(=O)OC)c1cccc(C)n1. The fourth-order valence-corrected chi connectivity index (χ4v) is 1.69. The molecule has 1 rings (SSSR count). The normalized spacial score (nSPS) is 11.9. The first kappa shape index (κ1) is 14.4. The molecule has 5 nitrogen and oxygen atoms in total. The second-order valence-corrected chi connectivity index (χ2v) is 4.03. The van der Waals surface area contributed by atoms with Gasteiger partial charge in [0.1, 0.15) is 0 Å². The van der Waals surface area contributed by atoms with E-state index >= 15 is 0 Å². The molecule has 1 heterocycles. The van der Waals surface area contributed by atoms with Crippen LogP contribution >= 0.6 is 0 Å². The average molecular weight is 252 g/mol. The van der Waals surface area contributed by atoms with E-state index in [9.17, 15) is 4.79 Å². The first-order valence-corrected chi connectivity index (χ1v) is 5.94. The Morgan fingerprint density at radius 3 is 2.83 bits per heavy atom. The molecule has 0 saturated carbocycles. The number of hydrogen-bond donors (Lipinski definition) is 1. The Bertz CT molecular complexity index is 382. The third-order valence-corrected chi connectivity index (χ3v) is 2.59. The molecule has 1 N–H and O–H groups in total. The Morgan fingerprint density at radius 2 is 2.22 bits per heavy atom. The lowest BCUT2D eigenvalue weighted by molar-refractivity contribution is 0.161. The second-order valence-electron chi connectivity index (χ2n) is 4.03. The minimum Gasteiger partial charge on any atom is -0.453 e. The van der Waals surface area contributed by atoms with E-state index in [0.29, 0.717) is 6.61 Å². The van der Waals surface area contributed by atoms with Crippen LogP contribution in [-0.4, -0.2) is 31.9 Å². The maximum Gasteiger partial charge on any atom is 0.407 e. The highest BCUT2D eigenvalue weighted by molar-refractivity contribution is 5.67. The molecule has 0 spiro atoms. The van der Waals surface area contributed by atoms with Gasteiger partial charge in [-0.15, -0.1) is 0 Å². The van der Waals surface area contributed by atoms with Gasteiger partial charge >= 0.3 is 6.09 Å². The van der Waals surface area contributed by atoms with E-state index in [2.05, 4.69) is 15.0 Å². The molecule has 1 aromatic heterocycles. The van der Waals surface area contributed by atoms with E-state index in [-0.39, 0.29) is 6.04 Å². The molecular formula is C13H20N2O3. The van der Waals surface area contributed by atoms with Crippen molar-refractivity contribution in [2.45, 2.75) is 25.8 Å². The summed E-state index contributed by atoms with van der Waals surface area (Å²) in [5, 5.41) is 2.79. The number of aromatic nitrogens is 1.